The van der Waals surface area contributed by atoms with Crippen molar-refractivity contribution in [1.82, 2.24) is 20.5 Å². The molecule has 0 unspecified atom stereocenters. The predicted octanol–water partition coefficient (Wildman–Crippen LogP) is 3.38. The summed E-state index contributed by atoms with van der Waals surface area (Å²) in [4.78, 5) is 43.4. The molecule has 0 saturated carbocycles. The summed E-state index contributed by atoms with van der Waals surface area (Å²) >= 11 is 0. The molecule has 1 fully saturated rings. The molecule has 0 radical (unpaired) electrons. The van der Waals surface area contributed by atoms with E-state index in [-0.39, 0.29) is 29.8 Å². The maximum absolute atomic E-state index is 14.2. The minimum absolute atomic E-state index is 0.0731. The predicted molar refractivity (Wildman–Crippen MR) is 125 cm³/mol. The minimum Gasteiger partial charge on any atom is -0.336 e. The standard InChI is InChI=1S/C25H27F4N5O3/c1-13-8-19(34(12-13)22(36)20(24(2,3)4)33-23(37)25(27,28)29)21(35)32-18(9-30)16-11-31-10-15-14(16)6-5-7-17(15)26/h5-7,10-11,13,18-20H,8,12H2,1-4H3,(H,32,35)(H,33,37)/t13-,18-,19+,20-/m1/s1. The molecule has 1 aliphatic heterocycles. The van der Waals surface area contributed by atoms with Crippen molar-refractivity contribution in [2.24, 2.45) is 11.3 Å². The molecule has 12 heteroatoms. The number of nitriles is 1. The number of amides is 3. The Kier molecular flexibility index (Phi) is 7.76. The Hall–Kier alpha value is -3.75. The fourth-order valence-electron chi connectivity index (χ4n) is 4.40. The average molecular weight is 522 g/mol. The van der Waals surface area contributed by atoms with E-state index in [1.807, 2.05) is 6.07 Å². The number of alkyl halides is 3. The molecular weight excluding hydrogens is 494 g/mol. The zero-order chi connectivity index (χ0) is 27.7. The largest absolute Gasteiger partial charge is 0.471 e. The topological polar surface area (TPSA) is 115 Å². The Labute approximate surface area is 211 Å². The number of pyridine rings is 1. The molecule has 1 aliphatic rings. The van der Waals surface area contributed by atoms with E-state index in [4.69, 9.17) is 0 Å². The lowest BCUT2D eigenvalue weighted by Crippen LogP contribution is -2.59. The van der Waals surface area contributed by atoms with Gasteiger partial charge >= 0.3 is 12.1 Å². The first-order valence-corrected chi connectivity index (χ1v) is 11.6. The maximum atomic E-state index is 14.2. The van der Waals surface area contributed by atoms with Crippen LogP contribution in [-0.4, -0.2) is 52.4 Å². The number of nitrogens with one attached hydrogen (secondary N) is 2. The van der Waals surface area contributed by atoms with E-state index in [2.05, 4.69) is 10.3 Å². The lowest BCUT2D eigenvalue weighted by atomic mass is 9.85. The number of benzene rings is 1. The molecule has 37 heavy (non-hydrogen) atoms. The number of hydrogen-bond acceptors (Lipinski definition) is 5. The van der Waals surface area contributed by atoms with Crippen molar-refractivity contribution in [3.05, 3.63) is 42.0 Å². The van der Waals surface area contributed by atoms with Crippen LogP contribution in [0.2, 0.25) is 0 Å². The average Bonchev–Trinajstić information content (AvgIpc) is 3.21. The van der Waals surface area contributed by atoms with E-state index in [0.717, 1.165) is 4.90 Å². The van der Waals surface area contributed by atoms with Crippen molar-refractivity contribution in [3.8, 4) is 6.07 Å². The van der Waals surface area contributed by atoms with E-state index in [1.165, 1.54) is 45.3 Å². The number of likely N-dealkylation sites (tertiary alicyclic amines) is 1. The molecule has 2 heterocycles. The van der Waals surface area contributed by atoms with Crippen LogP contribution >= 0.6 is 0 Å². The van der Waals surface area contributed by atoms with E-state index in [9.17, 15) is 37.2 Å². The molecule has 1 aromatic carbocycles. The maximum Gasteiger partial charge on any atom is 0.471 e. The third kappa shape index (κ3) is 5.98. The van der Waals surface area contributed by atoms with Crippen molar-refractivity contribution in [2.45, 2.75) is 58.4 Å². The van der Waals surface area contributed by atoms with Crippen LogP contribution < -0.4 is 10.6 Å². The molecule has 1 aromatic heterocycles. The summed E-state index contributed by atoms with van der Waals surface area (Å²) in [6.07, 6.45) is -2.36. The first-order valence-electron chi connectivity index (χ1n) is 11.6. The summed E-state index contributed by atoms with van der Waals surface area (Å²) in [7, 11) is 0. The highest BCUT2D eigenvalue weighted by atomic mass is 19.4. The highest BCUT2D eigenvalue weighted by Crippen LogP contribution is 2.30. The van der Waals surface area contributed by atoms with Crippen LogP contribution in [0.4, 0.5) is 17.6 Å². The Morgan fingerprint density at radius 1 is 1.14 bits per heavy atom. The molecule has 0 aliphatic carbocycles. The first-order chi connectivity index (χ1) is 17.1. The second kappa shape index (κ2) is 10.3. The van der Waals surface area contributed by atoms with E-state index in [1.54, 1.807) is 18.3 Å². The second-order valence-corrected chi connectivity index (χ2v) is 10.3. The van der Waals surface area contributed by atoms with Crippen LogP contribution in [-0.2, 0) is 14.4 Å². The number of hydrogen-bond donors (Lipinski definition) is 2. The monoisotopic (exact) mass is 521 g/mol. The first kappa shape index (κ1) is 27.8. The number of carbonyl (C=O) groups excluding carboxylic acids is 3. The summed E-state index contributed by atoms with van der Waals surface area (Å²) in [5, 5.41) is 14.6. The van der Waals surface area contributed by atoms with Gasteiger partial charge in [-0.25, -0.2) is 4.39 Å². The summed E-state index contributed by atoms with van der Waals surface area (Å²) in [6.45, 7) is 6.34. The lowest BCUT2D eigenvalue weighted by molar-refractivity contribution is -0.176. The van der Waals surface area contributed by atoms with Crippen LogP contribution in [0.5, 0.6) is 0 Å². The van der Waals surface area contributed by atoms with Gasteiger partial charge in [0, 0.05) is 29.9 Å². The molecule has 0 spiro atoms. The molecule has 8 nitrogen and oxygen atoms in total. The van der Waals surface area contributed by atoms with Crippen LogP contribution in [0, 0.1) is 28.5 Å². The number of fused-ring (bicyclic) bond motifs is 1. The minimum atomic E-state index is -5.19. The third-order valence-corrected chi connectivity index (χ3v) is 6.25. The third-order valence-electron chi connectivity index (χ3n) is 6.25. The van der Waals surface area contributed by atoms with E-state index in [0.29, 0.717) is 5.39 Å². The Balaban J connectivity index is 1.88. The molecule has 1 saturated heterocycles. The molecule has 2 N–H and O–H groups in total. The Bertz CT molecular complexity index is 1250. The van der Waals surface area contributed by atoms with E-state index >= 15 is 0 Å². The van der Waals surface area contributed by atoms with Gasteiger partial charge in [0.1, 0.15) is 23.9 Å². The fraction of sp³-hybridized carbons (Fsp3) is 0.480. The van der Waals surface area contributed by atoms with Crippen LogP contribution in [0.1, 0.15) is 45.7 Å². The van der Waals surface area contributed by atoms with Crippen LogP contribution in [0.25, 0.3) is 10.8 Å². The number of aromatic nitrogens is 1. The van der Waals surface area contributed by atoms with Gasteiger partial charge in [0.25, 0.3) is 0 Å². The molecule has 3 amide bonds. The number of halogens is 4. The van der Waals surface area contributed by atoms with Gasteiger partial charge in [-0.2, -0.15) is 18.4 Å². The Morgan fingerprint density at radius 2 is 1.81 bits per heavy atom. The lowest BCUT2D eigenvalue weighted by Gasteiger charge is -2.35. The van der Waals surface area contributed by atoms with Gasteiger partial charge in [0.2, 0.25) is 11.8 Å². The fourth-order valence-corrected chi connectivity index (χ4v) is 4.40. The Morgan fingerprint density at radius 3 is 2.41 bits per heavy atom. The van der Waals surface area contributed by atoms with Crippen LogP contribution in [0.15, 0.2) is 30.6 Å². The molecule has 3 rings (SSSR count). The smallest absolute Gasteiger partial charge is 0.336 e. The summed E-state index contributed by atoms with van der Waals surface area (Å²) in [5.74, 6) is -4.52. The molecule has 4 atom stereocenters. The number of nitrogens with zero attached hydrogens (tertiary/aromatic N) is 3. The van der Waals surface area contributed by atoms with Crippen molar-refractivity contribution < 1.29 is 31.9 Å². The molecule has 198 valence electrons. The van der Waals surface area contributed by atoms with Gasteiger partial charge in [0.15, 0.2) is 0 Å². The molecular formula is C25H27F4N5O3. The summed E-state index contributed by atoms with van der Waals surface area (Å²) < 4.78 is 53.0. The van der Waals surface area contributed by atoms with Crippen molar-refractivity contribution in [3.63, 3.8) is 0 Å². The van der Waals surface area contributed by atoms with Gasteiger partial charge in [-0.15, -0.1) is 0 Å². The van der Waals surface area contributed by atoms with Crippen molar-refractivity contribution in [2.75, 3.05) is 6.54 Å². The summed E-state index contributed by atoms with van der Waals surface area (Å²) in [6, 6.07) is 2.34. The number of carbonyl (C=O) groups is 3. The molecule has 2 aromatic rings. The summed E-state index contributed by atoms with van der Waals surface area (Å²) in [5.41, 5.74) is -0.847. The SMILES string of the molecule is C[C@@H]1C[C@@H](C(=O)N[C@H](C#N)c2cncc3c(F)cccc23)N(C(=O)[C@@H](NC(=O)C(F)(F)F)C(C)(C)C)C1. The zero-order valence-electron chi connectivity index (χ0n) is 20.7. The quantitative estimate of drug-likeness (QED) is 0.586. The van der Waals surface area contributed by atoms with Gasteiger partial charge in [-0.3, -0.25) is 19.4 Å². The van der Waals surface area contributed by atoms with Crippen LogP contribution in [0.3, 0.4) is 0 Å². The van der Waals surface area contributed by atoms with Gasteiger partial charge < -0.3 is 15.5 Å². The van der Waals surface area contributed by atoms with E-state index < -0.39 is 53.3 Å². The number of rotatable bonds is 5. The van der Waals surface area contributed by atoms with Crippen molar-refractivity contribution in [1.29, 1.82) is 5.26 Å². The normalized spacial score (nSPS) is 19.7. The van der Waals surface area contributed by atoms with Gasteiger partial charge in [-0.05, 0) is 29.2 Å². The highest BCUT2D eigenvalue weighted by molar-refractivity contribution is 5.94. The van der Waals surface area contributed by atoms with Crippen molar-refractivity contribution >= 4 is 28.5 Å². The highest BCUT2D eigenvalue weighted by Gasteiger charge is 2.47. The molecule has 0 bridgehead atoms. The van der Waals surface area contributed by atoms with Gasteiger partial charge in [-0.1, -0.05) is 39.8 Å². The zero-order valence-corrected chi connectivity index (χ0v) is 20.7. The second-order valence-electron chi connectivity index (χ2n) is 10.3. The van der Waals surface area contributed by atoms with Gasteiger partial charge in [0.05, 0.1) is 6.07 Å².